The van der Waals surface area contributed by atoms with Crippen LogP contribution in [0.2, 0.25) is 0 Å². The van der Waals surface area contributed by atoms with Gasteiger partial charge in [-0.1, -0.05) is 12.1 Å². The van der Waals surface area contributed by atoms with Crippen LogP contribution in [0.4, 0.5) is 5.69 Å². The quantitative estimate of drug-likeness (QED) is 0.425. The van der Waals surface area contributed by atoms with Crippen molar-refractivity contribution in [3.05, 3.63) is 35.4 Å². The maximum absolute atomic E-state index is 10.4. The van der Waals surface area contributed by atoms with Crippen LogP contribution in [-0.2, 0) is 4.79 Å². The molecule has 15 heavy (non-hydrogen) atoms. The molecule has 0 bridgehead atoms. The summed E-state index contributed by atoms with van der Waals surface area (Å²) in [5, 5.41) is 8.57. The fourth-order valence-electron chi connectivity index (χ4n) is 1.14. The summed E-state index contributed by atoms with van der Waals surface area (Å²) in [6.07, 6.45) is 2.12. The number of hydrogen-bond donors (Lipinski definition) is 0. The highest BCUT2D eigenvalue weighted by Gasteiger charge is 1.96. The zero-order valence-electron chi connectivity index (χ0n) is 8.77. The smallest absolute Gasteiger partial charge is 0.160 e. The van der Waals surface area contributed by atoms with Crippen LogP contribution in [0.15, 0.2) is 29.8 Å². The van der Waals surface area contributed by atoms with Crippen molar-refractivity contribution in [1.82, 2.24) is 0 Å². The molecule has 0 aliphatic carbocycles. The summed E-state index contributed by atoms with van der Waals surface area (Å²) in [7, 11) is 3.91. The van der Waals surface area contributed by atoms with Gasteiger partial charge in [0.2, 0.25) is 0 Å². The van der Waals surface area contributed by atoms with Crippen LogP contribution in [-0.4, -0.2) is 20.4 Å². The Balaban J connectivity index is 2.95. The maximum Gasteiger partial charge on any atom is 0.160 e. The first-order valence-electron chi connectivity index (χ1n) is 4.51. The summed E-state index contributed by atoms with van der Waals surface area (Å²) < 4.78 is 0. The molecule has 0 N–H and O–H groups in total. The highest BCUT2D eigenvalue weighted by Crippen LogP contribution is 2.13. The van der Waals surface area contributed by atoms with Crippen LogP contribution in [0, 0.1) is 11.3 Å². The molecule has 1 aromatic rings. The highest BCUT2D eigenvalue weighted by atomic mass is 16.1. The summed E-state index contributed by atoms with van der Waals surface area (Å²) in [6.45, 7) is 0. The highest BCUT2D eigenvalue weighted by molar-refractivity contribution is 5.86. The number of hydrogen-bond acceptors (Lipinski definition) is 3. The topological polar surface area (TPSA) is 44.1 Å². The van der Waals surface area contributed by atoms with Crippen LogP contribution in [0.1, 0.15) is 5.56 Å². The van der Waals surface area contributed by atoms with Gasteiger partial charge in [0.1, 0.15) is 6.07 Å². The Bertz CT molecular complexity index is 410. The van der Waals surface area contributed by atoms with Gasteiger partial charge >= 0.3 is 0 Å². The molecule has 0 heterocycles. The van der Waals surface area contributed by atoms with E-state index >= 15 is 0 Å². The minimum Gasteiger partial charge on any atom is -0.378 e. The molecule has 1 rings (SSSR count). The van der Waals surface area contributed by atoms with Crippen molar-refractivity contribution in [2.24, 2.45) is 0 Å². The van der Waals surface area contributed by atoms with Crippen molar-refractivity contribution in [3.8, 4) is 6.07 Å². The molecule has 0 aliphatic heterocycles. The molecule has 0 spiro atoms. The number of nitrogens with zero attached hydrogens (tertiary/aromatic N) is 2. The van der Waals surface area contributed by atoms with Gasteiger partial charge in [-0.2, -0.15) is 5.26 Å². The van der Waals surface area contributed by atoms with Gasteiger partial charge < -0.3 is 4.90 Å². The van der Waals surface area contributed by atoms with E-state index in [0.29, 0.717) is 6.29 Å². The summed E-state index contributed by atoms with van der Waals surface area (Å²) in [5.74, 6) is 0. The zero-order valence-corrected chi connectivity index (χ0v) is 8.77. The first kappa shape index (κ1) is 11.0. The third-order valence-corrected chi connectivity index (χ3v) is 1.99. The van der Waals surface area contributed by atoms with Crippen LogP contribution >= 0.6 is 0 Å². The third-order valence-electron chi connectivity index (χ3n) is 1.99. The molecular formula is C12H12N2O. The van der Waals surface area contributed by atoms with Crippen molar-refractivity contribution < 1.29 is 4.79 Å². The van der Waals surface area contributed by atoms with Gasteiger partial charge in [-0.25, -0.2) is 0 Å². The van der Waals surface area contributed by atoms with E-state index < -0.39 is 0 Å². The minimum absolute atomic E-state index is 0.132. The summed E-state index contributed by atoms with van der Waals surface area (Å²) in [6, 6.07) is 9.43. The fourth-order valence-corrected chi connectivity index (χ4v) is 1.14. The molecule has 0 radical (unpaired) electrons. The van der Waals surface area contributed by atoms with Gasteiger partial charge in [0.15, 0.2) is 6.29 Å². The second kappa shape index (κ2) is 4.97. The van der Waals surface area contributed by atoms with E-state index in [-0.39, 0.29) is 5.57 Å². The predicted octanol–water partition coefficient (Wildman–Crippen LogP) is 1.86. The predicted molar refractivity (Wildman–Crippen MR) is 60.4 cm³/mol. The maximum atomic E-state index is 10.4. The van der Waals surface area contributed by atoms with Gasteiger partial charge in [0, 0.05) is 19.8 Å². The average molecular weight is 200 g/mol. The molecular weight excluding hydrogens is 188 g/mol. The molecule has 0 saturated heterocycles. The SMILES string of the molecule is CN(C)c1ccc(/C=C(\C#N)C=O)cc1. The largest absolute Gasteiger partial charge is 0.378 e. The average Bonchev–Trinajstić information content (AvgIpc) is 2.26. The molecule has 0 aromatic heterocycles. The van der Waals surface area contributed by atoms with Gasteiger partial charge in [0.25, 0.3) is 0 Å². The second-order valence-corrected chi connectivity index (χ2v) is 3.32. The Kier molecular flexibility index (Phi) is 3.64. The first-order chi connectivity index (χ1) is 7.17. The molecule has 3 heteroatoms. The van der Waals surface area contributed by atoms with E-state index in [2.05, 4.69) is 0 Å². The Morgan fingerprint density at radius 1 is 1.33 bits per heavy atom. The van der Waals surface area contributed by atoms with Crippen molar-refractivity contribution in [3.63, 3.8) is 0 Å². The number of rotatable bonds is 3. The lowest BCUT2D eigenvalue weighted by Gasteiger charge is -2.11. The molecule has 0 unspecified atom stereocenters. The first-order valence-corrected chi connectivity index (χ1v) is 4.51. The monoisotopic (exact) mass is 200 g/mol. The number of benzene rings is 1. The number of carbonyl (C=O) groups excluding carboxylic acids is 1. The number of nitriles is 1. The van der Waals surface area contributed by atoms with Crippen LogP contribution in [0.5, 0.6) is 0 Å². The normalized spacial score (nSPS) is 10.6. The fraction of sp³-hybridized carbons (Fsp3) is 0.167. The molecule has 76 valence electrons. The Morgan fingerprint density at radius 3 is 2.33 bits per heavy atom. The lowest BCUT2D eigenvalue weighted by atomic mass is 10.1. The summed E-state index contributed by atoms with van der Waals surface area (Å²) in [5.41, 5.74) is 2.06. The molecule has 3 nitrogen and oxygen atoms in total. The van der Waals surface area contributed by atoms with E-state index in [4.69, 9.17) is 5.26 Å². The Morgan fingerprint density at radius 2 is 1.93 bits per heavy atom. The zero-order chi connectivity index (χ0) is 11.3. The summed E-state index contributed by atoms with van der Waals surface area (Å²) in [4.78, 5) is 12.4. The third kappa shape index (κ3) is 2.96. The van der Waals surface area contributed by atoms with Gasteiger partial charge in [-0.3, -0.25) is 4.79 Å². The standard InChI is InChI=1S/C12H12N2O/c1-14(2)12-5-3-10(4-6-12)7-11(8-13)9-15/h3-7,9H,1-2H3/b11-7+. The molecule has 0 amide bonds. The van der Waals surface area contributed by atoms with Crippen molar-refractivity contribution in [2.75, 3.05) is 19.0 Å². The van der Waals surface area contributed by atoms with Crippen LogP contribution in [0.25, 0.3) is 6.08 Å². The van der Waals surface area contributed by atoms with E-state index in [1.807, 2.05) is 49.3 Å². The van der Waals surface area contributed by atoms with E-state index in [1.54, 1.807) is 6.08 Å². The number of allylic oxidation sites excluding steroid dienone is 1. The second-order valence-electron chi connectivity index (χ2n) is 3.32. The van der Waals surface area contributed by atoms with Crippen molar-refractivity contribution in [2.45, 2.75) is 0 Å². The molecule has 0 saturated carbocycles. The van der Waals surface area contributed by atoms with Crippen molar-refractivity contribution in [1.29, 1.82) is 5.26 Å². The molecule has 0 atom stereocenters. The number of carbonyl (C=O) groups is 1. The van der Waals surface area contributed by atoms with E-state index in [1.165, 1.54) is 0 Å². The lowest BCUT2D eigenvalue weighted by Crippen LogP contribution is -2.07. The van der Waals surface area contributed by atoms with E-state index in [0.717, 1.165) is 11.3 Å². The molecule has 0 aliphatic rings. The Labute approximate surface area is 89.2 Å². The molecule has 0 fully saturated rings. The van der Waals surface area contributed by atoms with Gasteiger partial charge in [0.05, 0.1) is 5.57 Å². The number of anilines is 1. The lowest BCUT2D eigenvalue weighted by molar-refractivity contribution is -0.104. The van der Waals surface area contributed by atoms with E-state index in [9.17, 15) is 4.79 Å². The minimum atomic E-state index is 0.132. The van der Waals surface area contributed by atoms with Crippen molar-refractivity contribution >= 4 is 18.0 Å². The summed E-state index contributed by atoms with van der Waals surface area (Å²) >= 11 is 0. The number of aldehydes is 1. The van der Waals surface area contributed by atoms with Gasteiger partial charge in [-0.15, -0.1) is 0 Å². The molecule has 1 aromatic carbocycles. The van der Waals surface area contributed by atoms with Crippen LogP contribution < -0.4 is 4.90 Å². The van der Waals surface area contributed by atoms with Crippen LogP contribution in [0.3, 0.4) is 0 Å². The van der Waals surface area contributed by atoms with Gasteiger partial charge in [-0.05, 0) is 23.8 Å². The Hall–Kier alpha value is -2.08.